The van der Waals surface area contributed by atoms with Crippen molar-refractivity contribution in [2.24, 2.45) is 0 Å². The molecule has 1 aromatic heterocycles. The lowest BCUT2D eigenvalue weighted by Gasteiger charge is -2.16. The zero-order chi connectivity index (χ0) is 13.1. The van der Waals surface area contributed by atoms with E-state index >= 15 is 0 Å². The van der Waals surface area contributed by atoms with Crippen LogP contribution in [0.4, 0.5) is 0 Å². The van der Waals surface area contributed by atoms with Crippen molar-refractivity contribution in [2.45, 2.75) is 18.9 Å². The Morgan fingerprint density at radius 1 is 1.50 bits per heavy atom. The van der Waals surface area contributed by atoms with E-state index in [1.54, 1.807) is 19.2 Å². The highest BCUT2D eigenvalue weighted by Gasteiger charge is 2.24. The number of carbonyl (C=O) groups is 2. The Morgan fingerprint density at radius 3 is 2.78 bits per heavy atom. The number of nitrogens with zero attached hydrogens (tertiary/aromatic N) is 2. The van der Waals surface area contributed by atoms with Gasteiger partial charge in [-0.05, 0) is 25.0 Å². The second-order valence-electron chi connectivity index (χ2n) is 4.37. The van der Waals surface area contributed by atoms with Gasteiger partial charge >= 0.3 is 0 Å². The molecule has 1 fully saturated rings. The first-order valence-corrected chi connectivity index (χ1v) is 6.10. The Bertz CT molecular complexity index is 457. The van der Waals surface area contributed by atoms with Gasteiger partial charge in [0.2, 0.25) is 5.91 Å². The number of pyridine rings is 1. The second-order valence-corrected chi connectivity index (χ2v) is 4.76. The van der Waals surface area contributed by atoms with Gasteiger partial charge in [0.15, 0.2) is 0 Å². The van der Waals surface area contributed by atoms with E-state index < -0.39 is 0 Å². The lowest BCUT2D eigenvalue weighted by atomic mass is 10.2. The molecule has 0 radical (unpaired) electrons. The fourth-order valence-corrected chi connectivity index (χ4v) is 1.62. The van der Waals surface area contributed by atoms with Gasteiger partial charge in [0.1, 0.15) is 5.15 Å². The maximum Gasteiger partial charge on any atom is 0.255 e. The largest absolute Gasteiger partial charge is 0.352 e. The summed E-state index contributed by atoms with van der Waals surface area (Å²) in [6.07, 6.45) is 3.47. The molecular weight excluding hydrogens is 254 g/mol. The third-order valence-electron chi connectivity index (χ3n) is 2.64. The van der Waals surface area contributed by atoms with Gasteiger partial charge in [-0.3, -0.25) is 9.59 Å². The van der Waals surface area contributed by atoms with Gasteiger partial charge in [0, 0.05) is 19.3 Å². The van der Waals surface area contributed by atoms with Crippen LogP contribution in [-0.2, 0) is 4.79 Å². The number of halogens is 1. The van der Waals surface area contributed by atoms with E-state index in [1.165, 1.54) is 11.1 Å². The summed E-state index contributed by atoms with van der Waals surface area (Å²) >= 11 is 5.64. The summed E-state index contributed by atoms with van der Waals surface area (Å²) in [5, 5.41) is 3.16. The monoisotopic (exact) mass is 267 g/mol. The molecule has 0 unspecified atom stereocenters. The van der Waals surface area contributed by atoms with Crippen molar-refractivity contribution in [2.75, 3.05) is 13.6 Å². The molecule has 1 saturated carbocycles. The molecule has 0 bridgehead atoms. The van der Waals surface area contributed by atoms with Crippen LogP contribution in [0.15, 0.2) is 18.3 Å². The fourth-order valence-electron chi connectivity index (χ4n) is 1.51. The predicted molar refractivity (Wildman–Crippen MR) is 67.4 cm³/mol. The van der Waals surface area contributed by atoms with Crippen LogP contribution in [0.25, 0.3) is 0 Å². The molecule has 1 heterocycles. The Morgan fingerprint density at radius 2 is 2.22 bits per heavy atom. The quantitative estimate of drug-likeness (QED) is 0.831. The Kier molecular flexibility index (Phi) is 3.81. The normalized spacial score (nSPS) is 14.1. The van der Waals surface area contributed by atoms with Gasteiger partial charge in [-0.1, -0.05) is 11.6 Å². The highest BCUT2D eigenvalue weighted by atomic mass is 35.5. The van der Waals surface area contributed by atoms with Crippen LogP contribution in [0.3, 0.4) is 0 Å². The molecule has 18 heavy (non-hydrogen) atoms. The molecule has 0 saturated heterocycles. The number of hydrogen-bond acceptors (Lipinski definition) is 3. The first-order chi connectivity index (χ1) is 8.56. The summed E-state index contributed by atoms with van der Waals surface area (Å²) in [5.74, 6) is -0.375. The summed E-state index contributed by atoms with van der Waals surface area (Å²) < 4.78 is 0. The van der Waals surface area contributed by atoms with E-state index in [0.29, 0.717) is 16.8 Å². The molecule has 0 aliphatic heterocycles. The van der Waals surface area contributed by atoms with Crippen LogP contribution in [0.5, 0.6) is 0 Å². The van der Waals surface area contributed by atoms with Crippen molar-refractivity contribution >= 4 is 23.4 Å². The van der Waals surface area contributed by atoms with Crippen LogP contribution in [0, 0.1) is 0 Å². The van der Waals surface area contributed by atoms with Crippen LogP contribution in [0.2, 0.25) is 5.15 Å². The maximum absolute atomic E-state index is 12.0. The summed E-state index contributed by atoms with van der Waals surface area (Å²) in [5.41, 5.74) is 0.418. The predicted octanol–water partition coefficient (Wildman–Crippen LogP) is 1.09. The highest BCUT2D eigenvalue weighted by Crippen LogP contribution is 2.18. The standard InChI is InChI=1S/C12H14ClN3O2/c1-16(7-11(17)15-9-3-4-9)12(18)8-2-5-10(13)14-6-8/h2,5-6,9H,3-4,7H2,1H3,(H,15,17). The number of aromatic nitrogens is 1. The maximum atomic E-state index is 12.0. The summed E-state index contributed by atoms with van der Waals surface area (Å²) in [6, 6.07) is 3.44. The molecule has 0 atom stereocenters. The molecule has 5 nitrogen and oxygen atoms in total. The molecule has 1 N–H and O–H groups in total. The van der Waals surface area contributed by atoms with E-state index in [-0.39, 0.29) is 18.4 Å². The summed E-state index contributed by atoms with van der Waals surface area (Å²) in [6.45, 7) is 0.0535. The average molecular weight is 268 g/mol. The lowest BCUT2D eigenvalue weighted by Crippen LogP contribution is -2.39. The third kappa shape index (κ3) is 3.43. The molecule has 2 rings (SSSR count). The smallest absolute Gasteiger partial charge is 0.255 e. The molecular formula is C12H14ClN3O2. The first-order valence-electron chi connectivity index (χ1n) is 5.72. The zero-order valence-corrected chi connectivity index (χ0v) is 10.8. The number of rotatable bonds is 4. The van der Waals surface area contributed by atoms with Gasteiger partial charge in [-0.15, -0.1) is 0 Å². The molecule has 1 aromatic rings. The number of nitrogens with one attached hydrogen (secondary N) is 1. The second kappa shape index (κ2) is 5.35. The van der Waals surface area contributed by atoms with Gasteiger partial charge in [-0.25, -0.2) is 4.98 Å². The molecule has 2 amide bonds. The number of likely N-dealkylation sites (N-methyl/N-ethyl adjacent to an activating group) is 1. The number of carbonyl (C=O) groups excluding carboxylic acids is 2. The Hall–Kier alpha value is -1.62. The first kappa shape index (κ1) is 12.8. The average Bonchev–Trinajstić information content (AvgIpc) is 3.12. The van der Waals surface area contributed by atoms with Crippen LogP contribution >= 0.6 is 11.6 Å². The minimum Gasteiger partial charge on any atom is -0.352 e. The van der Waals surface area contributed by atoms with Crippen molar-refractivity contribution in [3.8, 4) is 0 Å². The Balaban J connectivity index is 1.90. The fraction of sp³-hybridized carbons (Fsp3) is 0.417. The molecule has 96 valence electrons. The van der Waals surface area contributed by atoms with Crippen LogP contribution in [-0.4, -0.2) is 41.3 Å². The molecule has 1 aliphatic rings. The molecule has 6 heteroatoms. The Labute approximate surface area is 110 Å². The van der Waals surface area contributed by atoms with Gasteiger partial charge in [-0.2, -0.15) is 0 Å². The van der Waals surface area contributed by atoms with Crippen molar-refractivity contribution in [1.82, 2.24) is 15.2 Å². The van der Waals surface area contributed by atoms with E-state index in [2.05, 4.69) is 10.3 Å². The van der Waals surface area contributed by atoms with Crippen molar-refractivity contribution in [3.05, 3.63) is 29.0 Å². The third-order valence-corrected chi connectivity index (χ3v) is 2.87. The van der Waals surface area contributed by atoms with E-state index in [1.807, 2.05) is 0 Å². The van der Waals surface area contributed by atoms with Gasteiger partial charge < -0.3 is 10.2 Å². The number of amides is 2. The zero-order valence-electron chi connectivity index (χ0n) is 10.0. The summed E-state index contributed by atoms with van der Waals surface area (Å²) in [7, 11) is 1.59. The summed E-state index contributed by atoms with van der Waals surface area (Å²) in [4.78, 5) is 28.7. The van der Waals surface area contributed by atoms with E-state index in [0.717, 1.165) is 12.8 Å². The lowest BCUT2D eigenvalue weighted by molar-refractivity contribution is -0.121. The van der Waals surface area contributed by atoms with Crippen LogP contribution < -0.4 is 5.32 Å². The van der Waals surface area contributed by atoms with Crippen molar-refractivity contribution in [1.29, 1.82) is 0 Å². The molecule has 1 aliphatic carbocycles. The van der Waals surface area contributed by atoms with Crippen LogP contribution in [0.1, 0.15) is 23.2 Å². The highest BCUT2D eigenvalue weighted by molar-refractivity contribution is 6.29. The number of hydrogen-bond donors (Lipinski definition) is 1. The van der Waals surface area contributed by atoms with Crippen molar-refractivity contribution < 1.29 is 9.59 Å². The van der Waals surface area contributed by atoms with Gasteiger partial charge in [0.05, 0.1) is 12.1 Å². The minimum absolute atomic E-state index is 0.0535. The molecule has 0 spiro atoms. The molecule has 0 aromatic carbocycles. The SMILES string of the molecule is CN(CC(=O)NC1CC1)C(=O)c1ccc(Cl)nc1. The topological polar surface area (TPSA) is 62.3 Å². The van der Waals surface area contributed by atoms with E-state index in [4.69, 9.17) is 11.6 Å². The van der Waals surface area contributed by atoms with Gasteiger partial charge in [0.25, 0.3) is 5.91 Å². The van der Waals surface area contributed by atoms with Crippen molar-refractivity contribution in [3.63, 3.8) is 0 Å². The minimum atomic E-state index is -0.245. The van der Waals surface area contributed by atoms with E-state index in [9.17, 15) is 9.59 Å².